The average Bonchev–Trinajstić information content (AvgIpc) is 2.80. The van der Waals surface area contributed by atoms with Crippen LogP contribution in [0, 0.1) is 5.82 Å². The molecule has 0 aliphatic heterocycles. The molecule has 3 N–H and O–H groups in total. The Balaban J connectivity index is 1.75. The third-order valence-corrected chi connectivity index (χ3v) is 4.34. The van der Waals surface area contributed by atoms with Crippen molar-refractivity contribution in [3.05, 3.63) is 46.2 Å². The molecule has 1 atom stereocenters. The minimum atomic E-state index is -0.361. The fourth-order valence-corrected chi connectivity index (χ4v) is 3.32. The van der Waals surface area contributed by atoms with Crippen LogP contribution in [0.1, 0.15) is 27.3 Å². The summed E-state index contributed by atoms with van der Waals surface area (Å²) in [4.78, 5) is 17.6. The summed E-state index contributed by atoms with van der Waals surface area (Å²) in [6, 6.07) is 5.62. The summed E-state index contributed by atoms with van der Waals surface area (Å²) < 4.78 is 12.8. The number of amides is 1. The van der Waals surface area contributed by atoms with Crippen molar-refractivity contribution >= 4 is 22.4 Å². The van der Waals surface area contributed by atoms with Crippen LogP contribution in [0.2, 0.25) is 0 Å². The van der Waals surface area contributed by atoms with Gasteiger partial charge in [-0.3, -0.25) is 10.1 Å². The van der Waals surface area contributed by atoms with Crippen LogP contribution in [0.4, 0.5) is 9.52 Å². The van der Waals surface area contributed by atoms with Gasteiger partial charge in [0.2, 0.25) is 0 Å². The number of thiazole rings is 1. The molecule has 20 heavy (non-hydrogen) atoms. The van der Waals surface area contributed by atoms with Crippen LogP contribution in [0.5, 0.6) is 0 Å². The smallest absolute Gasteiger partial charge is 0.257 e. The van der Waals surface area contributed by atoms with E-state index in [1.165, 1.54) is 35.6 Å². The number of fused-ring (bicyclic) bond motifs is 1. The SMILES string of the molecule is N[C@H]1CCc2nc(NC(=O)c3ccc(F)cc3)sc2C1. The predicted molar refractivity (Wildman–Crippen MR) is 76.5 cm³/mol. The quantitative estimate of drug-likeness (QED) is 0.892. The van der Waals surface area contributed by atoms with Crippen LogP contribution in [-0.4, -0.2) is 16.9 Å². The molecule has 3 rings (SSSR count). The van der Waals surface area contributed by atoms with Crippen molar-refractivity contribution in [1.29, 1.82) is 0 Å². The number of hydrogen-bond donors (Lipinski definition) is 2. The zero-order chi connectivity index (χ0) is 14.1. The van der Waals surface area contributed by atoms with E-state index < -0.39 is 0 Å². The van der Waals surface area contributed by atoms with Crippen molar-refractivity contribution in [3.63, 3.8) is 0 Å². The summed E-state index contributed by atoms with van der Waals surface area (Å²) in [5, 5.41) is 3.34. The van der Waals surface area contributed by atoms with Crippen LogP contribution < -0.4 is 11.1 Å². The highest BCUT2D eigenvalue weighted by atomic mass is 32.1. The number of nitrogens with one attached hydrogen (secondary N) is 1. The summed E-state index contributed by atoms with van der Waals surface area (Å²) in [6.07, 6.45) is 2.61. The second-order valence-electron chi connectivity index (χ2n) is 4.85. The maximum Gasteiger partial charge on any atom is 0.257 e. The topological polar surface area (TPSA) is 68.0 Å². The molecule has 104 valence electrons. The number of carbonyl (C=O) groups excluding carboxylic acids is 1. The van der Waals surface area contributed by atoms with Crippen molar-refractivity contribution in [2.75, 3.05) is 5.32 Å². The van der Waals surface area contributed by atoms with E-state index in [9.17, 15) is 9.18 Å². The van der Waals surface area contributed by atoms with Gasteiger partial charge in [0.15, 0.2) is 5.13 Å². The van der Waals surface area contributed by atoms with Gasteiger partial charge in [-0.25, -0.2) is 9.37 Å². The Morgan fingerprint density at radius 3 is 2.90 bits per heavy atom. The molecular weight excluding hydrogens is 277 g/mol. The van der Waals surface area contributed by atoms with Crippen molar-refractivity contribution < 1.29 is 9.18 Å². The highest BCUT2D eigenvalue weighted by Gasteiger charge is 2.20. The van der Waals surface area contributed by atoms with Crippen LogP contribution in [0.3, 0.4) is 0 Å². The number of hydrogen-bond acceptors (Lipinski definition) is 4. The highest BCUT2D eigenvalue weighted by molar-refractivity contribution is 7.15. The summed E-state index contributed by atoms with van der Waals surface area (Å²) in [5.41, 5.74) is 7.37. The van der Waals surface area contributed by atoms with Crippen LogP contribution >= 0.6 is 11.3 Å². The monoisotopic (exact) mass is 291 g/mol. The molecule has 1 aromatic carbocycles. The van der Waals surface area contributed by atoms with Gasteiger partial charge in [-0.15, -0.1) is 11.3 Å². The first-order valence-corrected chi connectivity index (χ1v) is 7.24. The minimum absolute atomic E-state index is 0.184. The zero-order valence-corrected chi connectivity index (χ0v) is 11.5. The second-order valence-corrected chi connectivity index (χ2v) is 5.94. The van der Waals surface area contributed by atoms with Crippen molar-refractivity contribution in [2.45, 2.75) is 25.3 Å². The van der Waals surface area contributed by atoms with E-state index in [2.05, 4.69) is 10.3 Å². The average molecular weight is 291 g/mol. The van der Waals surface area contributed by atoms with E-state index in [0.717, 1.165) is 29.8 Å². The third-order valence-electron chi connectivity index (χ3n) is 3.30. The number of halogens is 1. The van der Waals surface area contributed by atoms with Crippen molar-refractivity contribution in [1.82, 2.24) is 4.98 Å². The van der Waals surface area contributed by atoms with E-state index in [1.54, 1.807) is 0 Å². The Hall–Kier alpha value is -1.79. The van der Waals surface area contributed by atoms with Gasteiger partial charge in [0, 0.05) is 16.5 Å². The number of anilines is 1. The summed E-state index contributed by atoms with van der Waals surface area (Å²) in [5.74, 6) is -0.638. The molecule has 1 aliphatic carbocycles. The highest BCUT2D eigenvalue weighted by Crippen LogP contribution is 2.29. The molecule has 4 nitrogen and oxygen atoms in total. The Morgan fingerprint density at radius 1 is 1.40 bits per heavy atom. The molecule has 1 aliphatic rings. The number of nitrogens with two attached hydrogens (primary N) is 1. The van der Waals surface area contributed by atoms with E-state index in [4.69, 9.17) is 5.73 Å². The van der Waals surface area contributed by atoms with E-state index in [0.29, 0.717) is 10.7 Å². The molecule has 0 saturated carbocycles. The molecule has 1 heterocycles. The Morgan fingerprint density at radius 2 is 2.15 bits per heavy atom. The van der Waals surface area contributed by atoms with Gasteiger partial charge in [0.1, 0.15) is 5.82 Å². The van der Waals surface area contributed by atoms with E-state index in [1.807, 2.05) is 0 Å². The van der Waals surface area contributed by atoms with Crippen LogP contribution in [-0.2, 0) is 12.8 Å². The molecule has 0 fully saturated rings. The number of nitrogens with zero attached hydrogens (tertiary/aromatic N) is 1. The lowest BCUT2D eigenvalue weighted by Crippen LogP contribution is -2.27. The number of aromatic nitrogens is 1. The molecule has 0 radical (unpaired) electrons. The van der Waals surface area contributed by atoms with Crippen molar-refractivity contribution in [2.24, 2.45) is 5.73 Å². The molecule has 0 spiro atoms. The molecule has 0 saturated heterocycles. The van der Waals surface area contributed by atoms with Gasteiger partial charge < -0.3 is 5.73 Å². The Bertz CT molecular complexity index is 638. The Kier molecular flexibility index (Phi) is 3.50. The van der Waals surface area contributed by atoms with Gasteiger partial charge in [0.25, 0.3) is 5.91 Å². The molecule has 1 aromatic heterocycles. The normalized spacial score (nSPS) is 17.6. The fourth-order valence-electron chi connectivity index (χ4n) is 2.22. The second kappa shape index (κ2) is 5.30. The number of benzene rings is 1. The number of rotatable bonds is 2. The lowest BCUT2D eigenvalue weighted by atomic mass is 9.99. The first-order chi connectivity index (χ1) is 9.61. The maximum atomic E-state index is 12.8. The summed E-state index contributed by atoms with van der Waals surface area (Å²) in [6.45, 7) is 0. The predicted octanol–water partition coefficient (Wildman–Crippen LogP) is 2.35. The third kappa shape index (κ3) is 2.71. The van der Waals surface area contributed by atoms with Crippen LogP contribution in [0.15, 0.2) is 24.3 Å². The molecular formula is C14H14FN3OS. The molecule has 0 unspecified atom stereocenters. The zero-order valence-electron chi connectivity index (χ0n) is 10.7. The lowest BCUT2D eigenvalue weighted by Gasteiger charge is -2.15. The van der Waals surface area contributed by atoms with Gasteiger partial charge in [-0.1, -0.05) is 0 Å². The number of aryl methyl sites for hydroxylation is 1. The Labute approximate surface area is 119 Å². The van der Waals surface area contributed by atoms with E-state index in [-0.39, 0.29) is 17.8 Å². The maximum absolute atomic E-state index is 12.8. The fraction of sp³-hybridized carbons (Fsp3) is 0.286. The molecule has 0 bridgehead atoms. The van der Waals surface area contributed by atoms with Gasteiger partial charge in [-0.2, -0.15) is 0 Å². The summed E-state index contributed by atoms with van der Waals surface area (Å²) >= 11 is 1.47. The molecule has 1 amide bonds. The number of carbonyl (C=O) groups is 1. The molecule has 6 heteroatoms. The largest absolute Gasteiger partial charge is 0.327 e. The van der Waals surface area contributed by atoms with Crippen LogP contribution in [0.25, 0.3) is 0 Å². The minimum Gasteiger partial charge on any atom is -0.327 e. The van der Waals surface area contributed by atoms with Gasteiger partial charge >= 0.3 is 0 Å². The van der Waals surface area contributed by atoms with Gasteiger partial charge in [0.05, 0.1) is 5.69 Å². The first kappa shape index (κ1) is 13.2. The lowest BCUT2D eigenvalue weighted by molar-refractivity contribution is 0.102. The van der Waals surface area contributed by atoms with E-state index >= 15 is 0 Å². The summed E-state index contributed by atoms with van der Waals surface area (Å²) in [7, 11) is 0. The molecule has 2 aromatic rings. The van der Waals surface area contributed by atoms with Gasteiger partial charge in [-0.05, 0) is 43.5 Å². The standard InChI is InChI=1S/C14H14FN3OS/c15-9-3-1-8(2-4-9)13(19)18-14-17-11-6-5-10(16)7-12(11)20-14/h1-4,10H,5-7,16H2,(H,17,18,19)/t10-/m0/s1. The first-order valence-electron chi connectivity index (χ1n) is 6.43. The van der Waals surface area contributed by atoms with Crippen molar-refractivity contribution in [3.8, 4) is 0 Å².